The van der Waals surface area contributed by atoms with Crippen molar-refractivity contribution in [3.8, 4) is 5.88 Å². The van der Waals surface area contributed by atoms with Gasteiger partial charge in [-0.1, -0.05) is 0 Å². The molecule has 4 N–H and O–H groups in total. The van der Waals surface area contributed by atoms with Crippen LogP contribution in [0.25, 0.3) is 0 Å². The molecule has 9 heteroatoms. The van der Waals surface area contributed by atoms with Crippen molar-refractivity contribution in [2.24, 2.45) is 5.92 Å². The van der Waals surface area contributed by atoms with Crippen LogP contribution in [0.3, 0.4) is 0 Å². The largest absolute Gasteiger partial charge is 0.443 e. The van der Waals surface area contributed by atoms with Crippen LogP contribution < -0.4 is 4.74 Å². The van der Waals surface area contributed by atoms with E-state index in [9.17, 15) is 20.4 Å². The molecule has 1 aliphatic heterocycles. The average Bonchev–Trinajstić information content (AvgIpc) is 3.36. The van der Waals surface area contributed by atoms with E-state index in [0.717, 1.165) is 17.8 Å². The highest BCUT2D eigenvalue weighted by molar-refractivity contribution is 7.10. The van der Waals surface area contributed by atoms with Crippen molar-refractivity contribution in [1.29, 1.82) is 0 Å². The number of thiophene rings is 1. The highest BCUT2D eigenvalue weighted by Gasteiger charge is 2.45. The first-order chi connectivity index (χ1) is 13.9. The van der Waals surface area contributed by atoms with Gasteiger partial charge in [0.1, 0.15) is 24.4 Å². The molecule has 0 radical (unpaired) electrons. The van der Waals surface area contributed by atoms with Crippen LogP contribution in [0.2, 0.25) is 0 Å². The Morgan fingerprint density at radius 3 is 2.59 bits per heavy atom. The molecule has 2 aromatic heterocycles. The normalized spacial score (nSPS) is 29.9. The minimum absolute atomic E-state index is 0.346. The third kappa shape index (κ3) is 4.35. The van der Waals surface area contributed by atoms with Gasteiger partial charge in [-0.25, -0.2) is 0 Å². The summed E-state index contributed by atoms with van der Waals surface area (Å²) in [6, 6.07) is 2.12. The summed E-state index contributed by atoms with van der Waals surface area (Å²) in [4.78, 5) is 1.18. The van der Waals surface area contributed by atoms with Crippen molar-refractivity contribution < 1.29 is 29.9 Å². The van der Waals surface area contributed by atoms with Crippen molar-refractivity contribution in [2.45, 2.75) is 70.4 Å². The zero-order chi connectivity index (χ0) is 20.7. The maximum atomic E-state index is 10.3. The summed E-state index contributed by atoms with van der Waals surface area (Å²) in [6.45, 7) is 4.38. The van der Waals surface area contributed by atoms with Gasteiger partial charge < -0.3 is 29.9 Å². The van der Waals surface area contributed by atoms with Crippen LogP contribution in [0.4, 0.5) is 0 Å². The number of hydrogen-bond acceptors (Lipinski definition) is 8. The molecule has 0 unspecified atom stereocenters. The van der Waals surface area contributed by atoms with Gasteiger partial charge in [-0.2, -0.15) is 0 Å². The number of aliphatic hydroxyl groups excluding tert-OH is 4. The van der Waals surface area contributed by atoms with Crippen molar-refractivity contribution in [2.75, 3.05) is 6.61 Å². The molecule has 0 aromatic carbocycles. The lowest BCUT2D eigenvalue weighted by Gasteiger charge is -2.39. The summed E-state index contributed by atoms with van der Waals surface area (Å²) < 4.78 is 13.4. The molecule has 160 valence electrons. The molecule has 4 rings (SSSR count). The lowest BCUT2D eigenvalue weighted by Crippen LogP contribution is -2.60. The summed E-state index contributed by atoms with van der Waals surface area (Å²) in [5.41, 5.74) is 3.11. The van der Waals surface area contributed by atoms with Gasteiger partial charge in [0.25, 0.3) is 0 Å². The molecule has 1 saturated carbocycles. The topological polar surface area (TPSA) is 117 Å². The predicted molar refractivity (Wildman–Crippen MR) is 106 cm³/mol. The maximum Gasteiger partial charge on any atom is 0.239 e. The molecule has 0 spiro atoms. The van der Waals surface area contributed by atoms with Crippen molar-refractivity contribution >= 4 is 11.3 Å². The predicted octanol–water partition coefficient (Wildman–Crippen LogP) is 0.741. The third-order valence-corrected chi connectivity index (χ3v) is 6.69. The van der Waals surface area contributed by atoms with Gasteiger partial charge in [0.2, 0.25) is 12.2 Å². The number of hydrogen-bond donors (Lipinski definition) is 4. The smallest absolute Gasteiger partial charge is 0.239 e. The lowest BCUT2D eigenvalue weighted by molar-refractivity contribution is -0.278. The van der Waals surface area contributed by atoms with Gasteiger partial charge in [0.05, 0.1) is 6.61 Å². The van der Waals surface area contributed by atoms with Gasteiger partial charge in [-0.15, -0.1) is 16.4 Å². The van der Waals surface area contributed by atoms with E-state index in [1.807, 2.05) is 11.6 Å². The molecule has 2 aliphatic rings. The number of aryl methyl sites for hydroxylation is 1. The van der Waals surface area contributed by atoms with E-state index in [4.69, 9.17) is 9.47 Å². The molecular weight excluding hydrogens is 396 g/mol. The minimum atomic E-state index is -1.48. The Labute approximate surface area is 173 Å². The van der Waals surface area contributed by atoms with Crippen LogP contribution in [0.1, 0.15) is 34.5 Å². The van der Waals surface area contributed by atoms with E-state index in [1.165, 1.54) is 23.3 Å². The molecule has 5 atom stereocenters. The van der Waals surface area contributed by atoms with E-state index in [-0.39, 0.29) is 0 Å². The number of rotatable bonds is 7. The van der Waals surface area contributed by atoms with Gasteiger partial charge in [0.15, 0.2) is 0 Å². The van der Waals surface area contributed by atoms with Gasteiger partial charge in [0, 0.05) is 29.1 Å². The standard InChI is InChI=1S/C20H28N2O6S/c1-10-5-13(29-9-10)6-14-11(2)22(7-12-3-4-12)21-19(14)28-20-18(26)17(25)16(24)15(8-23)27-20/h5,9,12,15-18,20,23-26H,3-4,6-8H2,1-2H3/t15-,16-,17+,18-,20+/m1/s1. The second-order valence-electron chi connectivity index (χ2n) is 8.08. The number of nitrogens with zero attached hydrogens (tertiary/aromatic N) is 2. The zero-order valence-corrected chi connectivity index (χ0v) is 17.4. The maximum absolute atomic E-state index is 10.3. The fourth-order valence-electron chi connectivity index (χ4n) is 3.61. The first-order valence-electron chi connectivity index (χ1n) is 9.94. The van der Waals surface area contributed by atoms with Crippen LogP contribution >= 0.6 is 11.3 Å². The molecule has 1 aliphatic carbocycles. The molecule has 3 heterocycles. The molecule has 0 amide bonds. The van der Waals surface area contributed by atoms with E-state index < -0.39 is 37.3 Å². The molecule has 0 bridgehead atoms. The SMILES string of the molecule is Cc1csc(Cc2c(O[C@@H]3O[C@H](CO)[C@@H](O)[C@H](O)[C@H]3O)nn(CC3CC3)c2C)c1. The van der Waals surface area contributed by atoms with Crippen molar-refractivity contribution in [3.05, 3.63) is 33.1 Å². The van der Waals surface area contributed by atoms with E-state index >= 15 is 0 Å². The van der Waals surface area contributed by atoms with E-state index in [2.05, 4.69) is 23.5 Å². The summed E-state index contributed by atoms with van der Waals surface area (Å²) in [7, 11) is 0. The van der Waals surface area contributed by atoms with Crippen LogP contribution in [-0.4, -0.2) is 67.5 Å². The Bertz CT molecular complexity index is 846. The zero-order valence-electron chi connectivity index (χ0n) is 16.6. The Morgan fingerprint density at radius 1 is 1.21 bits per heavy atom. The number of aromatic nitrogens is 2. The summed E-state index contributed by atoms with van der Waals surface area (Å²) >= 11 is 1.67. The quantitative estimate of drug-likeness (QED) is 0.518. The van der Waals surface area contributed by atoms with Crippen LogP contribution in [-0.2, 0) is 17.7 Å². The summed E-state index contributed by atoms with van der Waals surface area (Å²) in [5, 5.41) is 46.5. The van der Waals surface area contributed by atoms with Crippen LogP contribution in [0.5, 0.6) is 5.88 Å². The monoisotopic (exact) mass is 424 g/mol. The van der Waals surface area contributed by atoms with Crippen LogP contribution in [0, 0.1) is 19.8 Å². The van der Waals surface area contributed by atoms with Crippen molar-refractivity contribution in [3.63, 3.8) is 0 Å². The molecule has 29 heavy (non-hydrogen) atoms. The molecule has 2 aromatic rings. The first kappa shape index (κ1) is 20.8. The third-order valence-electron chi connectivity index (χ3n) is 5.63. The molecular formula is C20H28N2O6S. The van der Waals surface area contributed by atoms with Crippen LogP contribution in [0.15, 0.2) is 11.4 Å². The number of ether oxygens (including phenoxy) is 2. The first-order valence-corrected chi connectivity index (χ1v) is 10.8. The summed E-state index contributed by atoms with van der Waals surface area (Å²) in [5.74, 6) is 0.976. The van der Waals surface area contributed by atoms with E-state index in [1.54, 1.807) is 11.3 Å². The highest BCUT2D eigenvalue weighted by atomic mass is 32.1. The Kier molecular flexibility index (Phi) is 5.97. The Morgan fingerprint density at radius 2 is 1.97 bits per heavy atom. The lowest BCUT2D eigenvalue weighted by atomic mass is 9.99. The number of aliphatic hydroxyl groups is 4. The fourth-order valence-corrected chi connectivity index (χ4v) is 4.50. The summed E-state index contributed by atoms with van der Waals surface area (Å²) in [6.07, 6.45) is -3.58. The fraction of sp³-hybridized carbons (Fsp3) is 0.650. The van der Waals surface area contributed by atoms with Crippen molar-refractivity contribution in [1.82, 2.24) is 9.78 Å². The Hall–Kier alpha value is -1.49. The minimum Gasteiger partial charge on any atom is -0.443 e. The molecule has 2 fully saturated rings. The van der Waals surface area contributed by atoms with E-state index in [0.29, 0.717) is 18.2 Å². The Balaban J connectivity index is 1.60. The second kappa shape index (κ2) is 8.33. The molecule has 8 nitrogen and oxygen atoms in total. The highest BCUT2D eigenvalue weighted by Crippen LogP contribution is 2.34. The van der Waals surface area contributed by atoms with Gasteiger partial charge in [-0.05, 0) is 49.6 Å². The average molecular weight is 425 g/mol. The second-order valence-corrected chi connectivity index (χ2v) is 9.07. The van der Waals surface area contributed by atoms with Gasteiger partial charge in [-0.3, -0.25) is 4.68 Å². The molecule has 1 saturated heterocycles. The van der Waals surface area contributed by atoms with Gasteiger partial charge >= 0.3 is 0 Å².